The van der Waals surface area contributed by atoms with Gasteiger partial charge in [0.1, 0.15) is 47.0 Å². The number of nitrogens with one attached hydrogen (secondary N) is 3. The monoisotopic (exact) mass is 966 g/mol. The molecular weight excluding hydrogens is 901 g/mol. The first-order chi connectivity index (χ1) is 31.7. The maximum atomic E-state index is 15.0. The van der Waals surface area contributed by atoms with E-state index in [9.17, 15) is 32.7 Å². The van der Waals surface area contributed by atoms with E-state index >= 15 is 0 Å². The van der Waals surface area contributed by atoms with Gasteiger partial charge >= 0.3 is 12.1 Å². The second-order valence-electron chi connectivity index (χ2n) is 19.7. The Balaban J connectivity index is 1.18. The van der Waals surface area contributed by atoms with Crippen molar-refractivity contribution in [3.05, 3.63) is 41.8 Å². The number of carbonyl (C=O) groups excluding carboxylic acids is 3. The summed E-state index contributed by atoms with van der Waals surface area (Å²) in [5, 5.41) is 22.6. The molecule has 2 saturated heterocycles. The number of aliphatic carboxylic acids is 1. The van der Waals surface area contributed by atoms with Crippen molar-refractivity contribution in [3.8, 4) is 22.9 Å². The highest BCUT2D eigenvalue weighted by Crippen LogP contribution is 2.46. The number of amides is 3. The fraction of sp³-hybridized carbons (Fsp3) is 0.617. The number of pyridine rings is 1. The molecule has 1 unspecified atom stereocenters. The number of ether oxygens (including phenoxy) is 3. The first-order valence-electron chi connectivity index (χ1n) is 23.3. The number of carboxylic acids is 1. The van der Waals surface area contributed by atoms with Crippen molar-refractivity contribution in [1.82, 2.24) is 34.1 Å². The van der Waals surface area contributed by atoms with Crippen LogP contribution in [0, 0.1) is 11.3 Å². The van der Waals surface area contributed by atoms with Crippen LogP contribution in [0.25, 0.3) is 22.3 Å². The summed E-state index contributed by atoms with van der Waals surface area (Å²) in [6, 6.07) is 4.81. The van der Waals surface area contributed by atoms with Crippen molar-refractivity contribution < 1.29 is 46.9 Å². The molecule has 18 nitrogen and oxygen atoms in total. The van der Waals surface area contributed by atoms with Crippen LogP contribution in [0.5, 0.6) is 11.5 Å². The molecule has 2 aromatic heterocycles. The first kappa shape index (κ1) is 49.8. The van der Waals surface area contributed by atoms with Gasteiger partial charge in [-0.1, -0.05) is 45.8 Å². The number of hydrogen-bond acceptors (Lipinski definition) is 13. The van der Waals surface area contributed by atoms with Crippen LogP contribution in [0.4, 0.5) is 9.93 Å². The Labute approximate surface area is 397 Å². The molecule has 7 rings (SSSR count). The van der Waals surface area contributed by atoms with E-state index < -0.39 is 75.2 Å². The summed E-state index contributed by atoms with van der Waals surface area (Å²) < 4.78 is 48.4. The number of benzene rings is 1. The number of anilines is 1. The van der Waals surface area contributed by atoms with E-state index in [0.717, 1.165) is 11.6 Å². The molecule has 1 saturated carbocycles. The van der Waals surface area contributed by atoms with Crippen LogP contribution in [0.15, 0.2) is 41.8 Å². The molecule has 67 heavy (non-hydrogen) atoms. The zero-order valence-electron chi connectivity index (χ0n) is 39.7. The maximum Gasteiger partial charge on any atom is 0.408 e. The predicted octanol–water partition coefficient (Wildman–Crippen LogP) is 6.19. The Morgan fingerprint density at radius 1 is 1.04 bits per heavy atom. The number of hydrogen-bond donors (Lipinski definition) is 4. The highest BCUT2D eigenvalue weighted by Gasteiger charge is 2.61. The van der Waals surface area contributed by atoms with Crippen molar-refractivity contribution >= 4 is 61.5 Å². The van der Waals surface area contributed by atoms with Gasteiger partial charge in [0.2, 0.25) is 11.8 Å². The Hall–Kier alpha value is -5.05. The number of carbonyl (C=O) groups is 4. The Morgan fingerprint density at radius 3 is 2.52 bits per heavy atom. The number of methoxy groups -OCH3 is 1. The zero-order chi connectivity index (χ0) is 48.4. The second-order valence-corrected chi connectivity index (χ2v) is 22.5. The van der Waals surface area contributed by atoms with Gasteiger partial charge in [-0.15, -0.1) is 11.3 Å². The van der Waals surface area contributed by atoms with Crippen LogP contribution >= 0.6 is 11.3 Å². The molecule has 4 N–H and O–H groups in total. The number of nitrogens with zero attached hydrogens (tertiary/aromatic N) is 5. The second kappa shape index (κ2) is 20.3. The predicted molar refractivity (Wildman–Crippen MR) is 255 cm³/mol. The fourth-order valence-electron chi connectivity index (χ4n) is 9.03. The summed E-state index contributed by atoms with van der Waals surface area (Å²) in [6.07, 6.45) is 5.04. The van der Waals surface area contributed by atoms with Crippen molar-refractivity contribution in [2.45, 2.75) is 142 Å². The number of carboxylic acid groups (broad SMARTS) is 1. The highest BCUT2D eigenvalue weighted by molar-refractivity contribution is 7.86. The molecule has 1 aliphatic carbocycles. The molecule has 366 valence electrons. The summed E-state index contributed by atoms with van der Waals surface area (Å²) >= 11 is 1.45. The molecular formula is C47H66N8O10S2. The van der Waals surface area contributed by atoms with E-state index in [-0.39, 0.29) is 51.0 Å². The number of alkyl carbamates (subject to hydrolysis) is 1. The fourth-order valence-corrected chi connectivity index (χ4v) is 11.8. The minimum atomic E-state index is -3.82. The number of thiazole rings is 1. The SMILES string of the molecule is COc1ccc2c(O[C@@H]3C[C@H]4C(=O)N[C@]5(C(=O)O)CC5C=CCCCCC[C@H](NC(=O)O[C@H](CN5CCCN(C(C)C)S5(=O)=O)C(C)(C)C)C(=O)N4C3)cc(-c3csc(NC(C)C)n3)nc2c1. The van der Waals surface area contributed by atoms with Gasteiger partial charge in [-0.25, -0.2) is 19.6 Å². The van der Waals surface area contributed by atoms with Crippen LogP contribution < -0.4 is 25.4 Å². The van der Waals surface area contributed by atoms with Gasteiger partial charge in [-0.3, -0.25) is 9.59 Å². The molecule has 0 bridgehead atoms. The van der Waals surface area contributed by atoms with Crippen molar-refractivity contribution in [1.29, 1.82) is 0 Å². The van der Waals surface area contributed by atoms with Crippen LogP contribution in [0.2, 0.25) is 0 Å². The van der Waals surface area contributed by atoms with E-state index in [4.69, 9.17) is 24.2 Å². The maximum absolute atomic E-state index is 15.0. The average Bonchev–Trinajstić information content (AvgIpc) is 3.51. The Bertz CT molecular complexity index is 2460. The molecule has 1 aromatic carbocycles. The topological polar surface area (TPSA) is 222 Å². The molecule has 4 aliphatic rings. The van der Waals surface area contributed by atoms with Gasteiger partial charge in [0.15, 0.2) is 5.13 Å². The van der Waals surface area contributed by atoms with Gasteiger partial charge in [0.25, 0.3) is 10.2 Å². The average molecular weight is 967 g/mol. The summed E-state index contributed by atoms with van der Waals surface area (Å²) in [7, 11) is -2.26. The smallest absolute Gasteiger partial charge is 0.408 e. The normalized spacial score (nSPS) is 25.7. The standard InChI is InChI=1S/C47H66N8O10S2/c1-28(2)48-44-50-37(27-66-44)36-23-39(33-18-17-31(63-8)21-35(33)49-36)64-32-22-38-41(56)52-47(43(58)59)24-30(47)15-12-10-9-11-13-16-34(42(57)54(38)25-32)51-45(60)65-40(46(5,6)7)26-53-19-14-20-55(29(3)4)67(53,61)62/h12,15,17-18,21,23,27-30,32,34,38,40H,9-11,13-14,16,19-20,22,24-26H2,1-8H3,(H,48,50)(H,51,60)(H,52,56)(H,58,59)/t30?,32-,34+,38+,40-,47-/m1/s1. The minimum Gasteiger partial charge on any atom is -0.497 e. The summed E-state index contributed by atoms with van der Waals surface area (Å²) in [5.41, 5.74) is -0.487. The molecule has 6 atom stereocenters. The van der Waals surface area contributed by atoms with Crippen molar-refractivity contribution in [2.75, 3.05) is 38.6 Å². The van der Waals surface area contributed by atoms with Crippen LogP contribution in [-0.2, 0) is 29.3 Å². The Morgan fingerprint density at radius 2 is 1.82 bits per heavy atom. The lowest BCUT2D eigenvalue weighted by Crippen LogP contribution is -2.57. The number of allylic oxidation sites excluding steroid dienone is 1. The van der Waals surface area contributed by atoms with Crippen LogP contribution in [-0.4, -0.2) is 136 Å². The van der Waals surface area contributed by atoms with Gasteiger partial charge in [0.05, 0.1) is 31.4 Å². The molecule has 20 heteroatoms. The minimum absolute atomic E-state index is 0.0171. The van der Waals surface area contributed by atoms with Crippen LogP contribution in [0.3, 0.4) is 0 Å². The third kappa shape index (κ3) is 11.3. The number of rotatable bonds is 12. The lowest BCUT2D eigenvalue weighted by atomic mass is 9.89. The molecule has 0 spiro atoms. The van der Waals surface area contributed by atoms with Crippen LogP contribution in [0.1, 0.15) is 99.8 Å². The summed E-state index contributed by atoms with van der Waals surface area (Å²) in [4.78, 5) is 67.3. The largest absolute Gasteiger partial charge is 0.497 e. The molecule has 3 aromatic rings. The third-order valence-electron chi connectivity index (χ3n) is 12.9. The highest BCUT2D eigenvalue weighted by atomic mass is 32.2. The zero-order valence-corrected chi connectivity index (χ0v) is 41.4. The third-order valence-corrected chi connectivity index (χ3v) is 15.9. The van der Waals surface area contributed by atoms with E-state index in [1.54, 1.807) is 25.3 Å². The molecule has 3 amide bonds. The van der Waals surface area contributed by atoms with Gasteiger partial charge < -0.3 is 40.2 Å². The summed E-state index contributed by atoms with van der Waals surface area (Å²) in [6.45, 7) is 13.8. The van der Waals surface area contributed by atoms with E-state index in [0.29, 0.717) is 66.0 Å². The van der Waals surface area contributed by atoms with Gasteiger partial charge in [0, 0.05) is 65.8 Å². The molecule has 0 radical (unpaired) electrons. The number of aromatic nitrogens is 2. The molecule has 5 heterocycles. The first-order valence-corrected chi connectivity index (χ1v) is 25.6. The van der Waals surface area contributed by atoms with Crippen molar-refractivity contribution in [2.24, 2.45) is 11.3 Å². The van der Waals surface area contributed by atoms with Crippen molar-refractivity contribution in [3.63, 3.8) is 0 Å². The molecule has 3 aliphatic heterocycles. The quantitative estimate of drug-likeness (QED) is 0.149. The Kier molecular flexibility index (Phi) is 15.1. The lowest BCUT2D eigenvalue weighted by Gasteiger charge is -2.40. The van der Waals surface area contributed by atoms with E-state index in [1.807, 2.05) is 72.1 Å². The summed E-state index contributed by atoms with van der Waals surface area (Å²) in [5.74, 6) is -1.75. The lowest BCUT2D eigenvalue weighted by molar-refractivity contribution is -0.145. The molecule has 3 fully saturated rings. The van der Waals surface area contributed by atoms with E-state index in [1.165, 1.54) is 24.8 Å². The number of fused-ring (bicyclic) bond motifs is 3. The van der Waals surface area contributed by atoms with Gasteiger partial charge in [-0.2, -0.15) is 17.0 Å². The van der Waals surface area contributed by atoms with E-state index in [2.05, 4.69) is 16.0 Å². The van der Waals surface area contributed by atoms with Gasteiger partial charge in [-0.05, 0) is 71.9 Å².